The second-order valence-electron chi connectivity index (χ2n) is 12.7. The fraction of sp³-hybridized carbons (Fsp3) is 0.0444. The van der Waals surface area contributed by atoms with Crippen LogP contribution in [0.1, 0.15) is 16.6 Å². The van der Waals surface area contributed by atoms with E-state index in [1.54, 1.807) is 0 Å². The van der Waals surface area contributed by atoms with E-state index in [4.69, 9.17) is 4.98 Å². The molecule has 1 unspecified atom stereocenters. The van der Waals surface area contributed by atoms with E-state index in [0.717, 1.165) is 17.9 Å². The van der Waals surface area contributed by atoms with Crippen LogP contribution in [0.2, 0.25) is 0 Å². The fourth-order valence-electron chi connectivity index (χ4n) is 7.61. The minimum absolute atomic E-state index is 0.261. The predicted molar refractivity (Wildman–Crippen MR) is 205 cm³/mol. The van der Waals surface area contributed by atoms with Gasteiger partial charge in [-0.05, 0) is 79.3 Å². The van der Waals surface area contributed by atoms with Gasteiger partial charge in [0.15, 0.2) is 0 Å². The summed E-state index contributed by atoms with van der Waals surface area (Å²) in [5, 5.41) is 7.45. The highest BCUT2D eigenvalue weighted by atomic mass is 32.1. The Bertz CT molecular complexity index is 2710. The highest BCUT2D eigenvalue weighted by Crippen LogP contribution is 2.46. The number of thiophene rings is 1. The summed E-state index contributed by atoms with van der Waals surface area (Å²) in [5.41, 5.74) is 8.40. The zero-order valence-electron chi connectivity index (χ0n) is 26.2. The van der Waals surface area contributed by atoms with Gasteiger partial charge in [-0.1, -0.05) is 133 Å². The average Bonchev–Trinajstić information content (AvgIpc) is 3.79. The van der Waals surface area contributed by atoms with Gasteiger partial charge in [0.1, 0.15) is 5.82 Å². The molecule has 7 aromatic carbocycles. The number of nitrogens with zero attached hydrogens (tertiary/aromatic N) is 2. The van der Waals surface area contributed by atoms with Crippen LogP contribution in [0.4, 0.5) is 0 Å². The van der Waals surface area contributed by atoms with Gasteiger partial charge in [-0.3, -0.25) is 0 Å². The van der Waals surface area contributed by atoms with Crippen molar-refractivity contribution < 1.29 is 0 Å². The Morgan fingerprint density at radius 1 is 0.542 bits per heavy atom. The molecule has 0 bridgehead atoms. The summed E-state index contributed by atoms with van der Waals surface area (Å²) in [6.07, 6.45) is 4.60. The van der Waals surface area contributed by atoms with E-state index in [1.807, 2.05) is 11.3 Å². The van der Waals surface area contributed by atoms with E-state index in [-0.39, 0.29) is 5.92 Å². The van der Waals surface area contributed by atoms with Crippen molar-refractivity contribution in [1.82, 2.24) is 9.55 Å². The number of imidazole rings is 1. The van der Waals surface area contributed by atoms with Gasteiger partial charge in [0.25, 0.3) is 0 Å². The molecular weight excluding hydrogens is 601 g/mol. The molecule has 0 spiro atoms. The standard InChI is InChI=1S/C45H30N2S/c1-2-12-31(13-3-1)39-23-24-40(48-39)36-22-25-41-46-44-42(34-20-18-29-10-4-6-14-32(29)26-34)37-16-8-9-17-38(37)43(45(44)47(41)28-36)35-21-19-30-11-5-7-15-33(30)27-35/h1-27,36H,28H2. The average molecular weight is 631 g/mol. The van der Waals surface area contributed by atoms with E-state index < -0.39 is 0 Å². The lowest BCUT2D eigenvalue weighted by Gasteiger charge is -2.21. The fourth-order valence-corrected chi connectivity index (χ4v) is 8.70. The molecule has 0 aliphatic carbocycles. The lowest BCUT2D eigenvalue weighted by molar-refractivity contribution is 0.643. The smallest absolute Gasteiger partial charge is 0.133 e. The van der Waals surface area contributed by atoms with Crippen molar-refractivity contribution in [2.75, 3.05) is 0 Å². The van der Waals surface area contributed by atoms with Crippen LogP contribution < -0.4 is 0 Å². The van der Waals surface area contributed by atoms with Crippen molar-refractivity contribution in [3.8, 4) is 32.7 Å². The number of benzene rings is 7. The van der Waals surface area contributed by atoms with Crippen molar-refractivity contribution in [3.05, 3.63) is 168 Å². The quantitative estimate of drug-likeness (QED) is 0.189. The summed E-state index contributed by atoms with van der Waals surface area (Å²) in [6, 6.07) is 55.2. The first-order chi connectivity index (χ1) is 23.8. The molecule has 2 nitrogen and oxygen atoms in total. The molecule has 0 amide bonds. The largest absolute Gasteiger partial charge is 0.323 e. The summed E-state index contributed by atoms with van der Waals surface area (Å²) in [6.45, 7) is 0.840. The number of fused-ring (bicyclic) bond motifs is 6. The maximum Gasteiger partial charge on any atom is 0.133 e. The van der Waals surface area contributed by atoms with Crippen LogP contribution in [-0.2, 0) is 6.54 Å². The highest BCUT2D eigenvalue weighted by Gasteiger charge is 2.27. The Hall–Kier alpha value is -5.77. The molecule has 3 heteroatoms. The van der Waals surface area contributed by atoms with Crippen LogP contribution in [0.5, 0.6) is 0 Å². The lowest BCUT2D eigenvalue weighted by Crippen LogP contribution is -2.12. The molecule has 3 heterocycles. The van der Waals surface area contributed by atoms with Gasteiger partial charge in [0, 0.05) is 33.3 Å². The molecule has 0 saturated carbocycles. The van der Waals surface area contributed by atoms with E-state index >= 15 is 0 Å². The molecule has 0 N–H and O–H groups in total. The van der Waals surface area contributed by atoms with Crippen LogP contribution in [0.15, 0.2) is 158 Å². The predicted octanol–water partition coefficient (Wildman–Crippen LogP) is 12.4. The number of allylic oxidation sites excluding steroid dienone is 1. The van der Waals surface area contributed by atoms with E-state index in [9.17, 15) is 0 Å². The van der Waals surface area contributed by atoms with Gasteiger partial charge in [0.05, 0.1) is 11.0 Å². The maximum absolute atomic E-state index is 5.47. The number of hydrogen-bond acceptors (Lipinski definition) is 2. The van der Waals surface area contributed by atoms with Gasteiger partial charge in [-0.15, -0.1) is 11.3 Å². The summed E-state index contributed by atoms with van der Waals surface area (Å²) < 4.78 is 2.49. The Morgan fingerprint density at radius 2 is 1.15 bits per heavy atom. The Morgan fingerprint density at radius 3 is 1.85 bits per heavy atom. The second kappa shape index (κ2) is 10.9. The lowest BCUT2D eigenvalue weighted by atomic mass is 9.88. The Kier molecular flexibility index (Phi) is 6.21. The molecule has 1 atom stereocenters. The van der Waals surface area contributed by atoms with Gasteiger partial charge in [-0.2, -0.15) is 0 Å². The summed E-state index contributed by atoms with van der Waals surface area (Å²) >= 11 is 1.90. The van der Waals surface area contributed by atoms with Crippen LogP contribution in [0.25, 0.3) is 82.1 Å². The molecular formula is C45H30N2S. The Labute approximate surface area is 282 Å². The second-order valence-corrected chi connectivity index (χ2v) is 13.8. The highest BCUT2D eigenvalue weighted by molar-refractivity contribution is 7.15. The molecule has 2 aromatic heterocycles. The van der Waals surface area contributed by atoms with Gasteiger partial charge in [0.2, 0.25) is 0 Å². The molecule has 48 heavy (non-hydrogen) atoms. The van der Waals surface area contributed by atoms with E-state index in [2.05, 4.69) is 168 Å². The van der Waals surface area contributed by atoms with Gasteiger partial charge in [-0.25, -0.2) is 4.98 Å². The number of aromatic nitrogens is 2. The van der Waals surface area contributed by atoms with Crippen molar-refractivity contribution in [1.29, 1.82) is 0 Å². The SMILES string of the molecule is C1=CC(c2ccc(-c3ccccc3)s2)Cn2c1nc1c(-c3ccc4ccccc4c3)c3ccccc3c(-c3ccc4ccccc4c3)c12. The van der Waals surface area contributed by atoms with Gasteiger partial charge < -0.3 is 4.57 Å². The normalized spacial score (nSPS) is 14.3. The van der Waals surface area contributed by atoms with Gasteiger partial charge >= 0.3 is 0 Å². The first-order valence-corrected chi connectivity index (χ1v) is 17.4. The number of rotatable bonds is 4. The minimum atomic E-state index is 0.261. The molecule has 10 rings (SSSR count). The first kappa shape index (κ1) is 27.4. The summed E-state index contributed by atoms with van der Waals surface area (Å²) in [7, 11) is 0. The molecule has 226 valence electrons. The zero-order valence-corrected chi connectivity index (χ0v) is 27.0. The molecule has 0 saturated heterocycles. The van der Waals surface area contributed by atoms with Crippen molar-refractivity contribution >= 4 is 60.8 Å². The Balaban J connectivity index is 1.24. The van der Waals surface area contributed by atoms with Crippen LogP contribution >= 0.6 is 11.3 Å². The van der Waals surface area contributed by atoms with Crippen molar-refractivity contribution in [2.24, 2.45) is 0 Å². The third-order valence-corrected chi connectivity index (χ3v) is 11.2. The van der Waals surface area contributed by atoms with Crippen molar-refractivity contribution in [2.45, 2.75) is 12.5 Å². The molecule has 0 radical (unpaired) electrons. The maximum atomic E-state index is 5.47. The third-order valence-electron chi connectivity index (χ3n) is 9.92. The van der Waals surface area contributed by atoms with E-state index in [0.29, 0.717) is 0 Å². The molecule has 1 aliphatic heterocycles. The summed E-state index contributed by atoms with van der Waals surface area (Å²) in [4.78, 5) is 8.15. The summed E-state index contributed by atoms with van der Waals surface area (Å²) in [5.74, 6) is 1.28. The number of hydrogen-bond donors (Lipinski definition) is 0. The zero-order chi connectivity index (χ0) is 31.6. The van der Waals surface area contributed by atoms with Crippen LogP contribution in [-0.4, -0.2) is 9.55 Å². The molecule has 0 fully saturated rings. The molecule has 1 aliphatic rings. The molecule has 9 aromatic rings. The minimum Gasteiger partial charge on any atom is -0.323 e. The van der Waals surface area contributed by atoms with Crippen molar-refractivity contribution in [3.63, 3.8) is 0 Å². The van der Waals surface area contributed by atoms with E-state index in [1.165, 1.54) is 75.4 Å². The topological polar surface area (TPSA) is 17.8 Å². The monoisotopic (exact) mass is 630 g/mol. The first-order valence-electron chi connectivity index (χ1n) is 16.6. The van der Waals surface area contributed by atoms with Crippen LogP contribution in [0, 0.1) is 0 Å². The third kappa shape index (κ3) is 4.36. The van der Waals surface area contributed by atoms with Crippen LogP contribution in [0.3, 0.4) is 0 Å².